The average Bonchev–Trinajstić information content (AvgIpc) is 3.31. The molecule has 0 spiro atoms. The van der Waals surface area contributed by atoms with E-state index >= 15 is 0 Å². The lowest BCUT2D eigenvalue weighted by atomic mass is 10.2. The van der Waals surface area contributed by atoms with E-state index in [0.717, 1.165) is 16.2 Å². The van der Waals surface area contributed by atoms with Gasteiger partial charge in [0.05, 0.1) is 37.0 Å². The minimum Gasteiger partial charge on any atom is -0.495 e. The first-order valence-corrected chi connectivity index (χ1v) is 10.2. The van der Waals surface area contributed by atoms with E-state index < -0.39 is 0 Å². The largest absolute Gasteiger partial charge is 0.495 e. The summed E-state index contributed by atoms with van der Waals surface area (Å²) in [6.45, 7) is 0. The number of carbonyl (C=O) groups excluding carboxylic acids is 1. The van der Waals surface area contributed by atoms with Crippen molar-refractivity contribution in [1.29, 1.82) is 0 Å². The molecule has 0 aliphatic rings. The van der Waals surface area contributed by atoms with Gasteiger partial charge in [-0.05, 0) is 30.3 Å². The number of fused-ring (bicyclic) bond motifs is 1. The lowest BCUT2D eigenvalue weighted by molar-refractivity contribution is -0.115. The SMILES string of the molecule is COc1cc(OC)c(NC(=O)Cc2csc3nc(-c4ccc(F)cc4)cn23)cc1Cl. The molecule has 0 radical (unpaired) electrons. The van der Waals surface area contributed by atoms with Crippen molar-refractivity contribution in [3.63, 3.8) is 0 Å². The van der Waals surface area contributed by atoms with Gasteiger partial charge in [-0.25, -0.2) is 9.37 Å². The van der Waals surface area contributed by atoms with Gasteiger partial charge in [0.1, 0.15) is 17.3 Å². The van der Waals surface area contributed by atoms with Gasteiger partial charge in [0.15, 0.2) is 4.96 Å². The molecule has 2 heterocycles. The molecular formula is C21H17ClFN3O3S. The number of nitrogens with one attached hydrogen (secondary N) is 1. The van der Waals surface area contributed by atoms with Gasteiger partial charge < -0.3 is 14.8 Å². The third-order valence-corrected chi connectivity index (χ3v) is 5.70. The highest BCUT2D eigenvalue weighted by atomic mass is 35.5. The molecule has 0 atom stereocenters. The van der Waals surface area contributed by atoms with Crippen molar-refractivity contribution in [2.45, 2.75) is 6.42 Å². The van der Waals surface area contributed by atoms with Crippen molar-refractivity contribution >= 4 is 39.5 Å². The molecule has 0 saturated heterocycles. The molecule has 0 aliphatic heterocycles. The van der Waals surface area contributed by atoms with E-state index in [-0.39, 0.29) is 18.1 Å². The zero-order valence-electron chi connectivity index (χ0n) is 16.1. The molecule has 1 N–H and O–H groups in total. The summed E-state index contributed by atoms with van der Waals surface area (Å²) in [5.41, 5.74) is 2.76. The minimum absolute atomic E-state index is 0.131. The van der Waals surface area contributed by atoms with Crippen LogP contribution < -0.4 is 14.8 Å². The second kappa shape index (κ2) is 8.33. The van der Waals surface area contributed by atoms with Gasteiger partial charge in [-0.2, -0.15) is 0 Å². The lowest BCUT2D eigenvalue weighted by Crippen LogP contribution is -2.16. The van der Waals surface area contributed by atoms with Crippen LogP contribution in [0, 0.1) is 5.82 Å². The Hall–Kier alpha value is -3.10. The highest BCUT2D eigenvalue weighted by Gasteiger charge is 2.16. The number of imidazole rings is 1. The number of halogens is 2. The number of carbonyl (C=O) groups is 1. The molecule has 9 heteroatoms. The van der Waals surface area contributed by atoms with E-state index in [1.54, 1.807) is 24.3 Å². The summed E-state index contributed by atoms with van der Waals surface area (Å²) in [5, 5.41) is 5.08. The van der Waals surface area contributed by atoms with Gasteiger partial charge in [0.2, 0.25) is 5.91 Å². The van der Waals surface area contributed by atoms with Crippen LogP contribution in [-0.2, 0) is 11.2 Å². The van der Waals surface area contributed by atoms with Crippen molar-refractivity contribution in [3.05, 3.63) is 64.5 Å². The topological polar surface area (TPSA) is 64.9 Å². The number of benzene rings is 2. The van der Waals surface area contributed by atoms with E-state index in [1.807, 2.05) is 16.0 Å². The van der Waals surface area contributed by atoms with Crippen LogP contribution in [0.1, 0.15) is 5.69 Å². The zero-order chi connectivity index (χ0) is 21.3. The van der Waals surface area contributed by atoms with Gasteiger partial charge in [-0.3, -0.25) is 9.20 Å². The molecule has 4 rings (SSSR count). The molecule has 0 aliphatic carbocycles. The van der Waals surface area contributed by atoms with Crippen LogP contribution in [0.2, 0.25) is 5.02 Å². The van der Waals surface area contributed by atoms with Crippen LogP contribution in [0.5, 0.6) is 11.5 Å². The fraction of sp³-hybridized carbons (Fsp3) is 0.143. The number of amides is 1. The fourth-order valence-electron chi connectivity index (χ4n) is 3.03. The highest BCUT2D eigenvalue weighted by molar-refractivity contribution is 7.15. The predicted octanol–water partition coefficient (Wildman–Crippen LogP) is 5.05. The van der Waals surface area contributed by atoms with Crippen LogP contribution in [0.3, 0.4) is 0 Å². The number of anilines is 1. The lowest BCUT2D eigenvalue weighted by Gasteiger charge is -2.13. The summed E-state index contributed by atoms with van der Waals surface area (Å²) in [4.78, 5) is 18.0. The number of ether oxygens (including phenoxy) is 2. The first-order chi connectivity index (χ1) is 14.5. The van der Waals surface area contributed by atoms with Crippen molar-refractivity contribution in [3.8, 4) is 22.8 Å². The third kappa shape index (κ3) is 3.96. The average molecular weight is 446 g/mol. The van der Waals surface area contributed by atoms with Crippen LogP contribution in [0.25, 0.3) is 16.2 Å². The maximum Gasteiger partial charge on any atom is 0.230 e. The summed E-state index contributed by atoms with van der Waals surface area (Å²) in [6, 6.07) is 9.34. The molecule has 2 aromatic heterocycles. The maximum atomic E-state index is 13.2. The maximum absolute atomic E-state index is 13.2. The summed E-state index contributed by atoms with van der Waals surface area (Å²) in [7, 11) is 3.01. The number of methoxy groups -OCH3 is 2. The van der Waals surface area contributed by atoms with Crippen LogP contribution in [0.15, 0.2) is 48.0 Å². The normalized spacial score (nSPS) is 10.9. The first-order valence-electron chi connectivity index (χ1n) is 8.91. The number of thiazole rings is 1. The minimum atomic E-state index is -0.300. The number of hydrogen-bond acceptors (Lipinski definition) is 5. The van der Waals surface area contributed by atoms with Crippen LogP contribution >= 0.6 is 22.9 Å². The van der Waals surface area contributed by atoms with Crippen LogP contribution in [-0.4, -0.2) is 29.5 Å². The van der Waals surface area contributed by atoms with Crippen molar-refractivity contribution in [2.75, 3.05) is 19.5 Å². The Kier molecular flexibility index (Phi) is 5.61. The Labute approximate surface area is 180 Å². The smallest absolute Gasteiger partial charge is 0.230 e. The Morgan fingerprint density at radius 3 is 2.63 bits per heavy atom. The molecule has 1 amide bonds. The Morgan fingerprint density at radius 2 is 1.93 bits per heavy atom. The molecule has 30 heavy (non-hydrogen) atoms. The standard InChI is InChI=1S/C21H17ClFN3O3S/c1-28-18-9-19(29-2)16(8-15(18)22)24-20(27)7-14-11-30-21-25-17(10-26(14)21)12-3-5-13(23)6-4-12/h3-6,8-11H,7H2,1-2H3,(H,24,27). The van der Waals surface area contributed by atoms with Gasteiger partial charge in [-0.1, -0.05) is 11.6 Å². The molecule has 0 fully saturated rings. The highest BCUT2D eigenvalue weighted by Crippen LogP contribution is 2.36. The van der Waals surface area contributed by atoms with E-state index in [4.69, 9.17) is 21.1 Å². The monoisotopic (exact) mass is 445 g/mol. The number of rotatable bonds is 6. The summed E-state index contributed by atoms with van der Waals surface area (Å²) in [5.74, 6) is 0.372. The molecule has 0 unspecified atom stereocenters. The second-order valence-corrected chi connectivity index (χ2v) is 7.67. The number of aromatic nitrogens is 2. The Balaban J connectivity index is 1.55. The van der Waals surface area contributed by atoms with Gasteiger partial charge >= 0.3 is 0 Å². The van der Waals surface area contributed by atoms with Gasteiger partial charge in [0.25, 0.3) is 0 Å². The van der Waals surface area contributed by atoms with Crippen molar-refractivity contribution in [2.24, 2.45) is 0 Å². The predicted molar refractivity (Wildman–Crippen MR) is 115 cm³/mol. The second-order valence-electron chi connectivity index (χ2n) is 6.42. The van der Waals surface area contributed by atoms with E-state index in [2.05, 4.69) is 10.3 Å². The van der Waals surface area contributed by atoms with E-state index in [1.165, 1.54) is 37.7 Å². The fourth-order valence-corrected chi connectivity index (χ4v) is 4.15. The molecular weight excluding hydrogens is 429 g/mol. The quantitative estimate of drug-likeness (QED) is 0.451. The third-order valence-electron chi connectivity index (χ3n) is 4.51. The number of hydrogen-bond donors (Lipinski definition) is 1. The molecule has 0 bridgehead atoms. The van der Waals surface area contributed by atoms with Gasteiger partial charge in [0, 0.05) is 28.9 Å². The van der Waals surface area contributed by atoms with Gasteiger partial charge in [-0.15, -0.1) is 11.3 Å². The Bertz CT molecular complexity index is 1220. The molecule has 2 aromatic carbocycles. The Morgan fingerprint density at radius 1 is 1.20 bits per heavy atom. The van der Waals surface area contributed by atoms with Crippen molar-refractivity contribution < 1.29 is 18.7 Å². The summed E-state index contributed by atoms with van der Waals surface area (Å²) < 4.78 is 25.5. The zero-order valence-corrected chi connectivity index (χ0v) is 17.7. The van der Waals surface area contributed by atoms with Crippen molar-refractivity contribution in [1.82, 2.24) is 9.38 Å². The number of nitrogens with zero attached hydrogens (tertiary/aromatic N) is 2. The molecule has 4 aromatic rings. The first kappa shape index (κ1) is 20.2. The summed E-state index contributed by atoms with van der Waals surface area (Å²) >= 11 is 7.60. The van der Waals surface area contributed by atoms with E-state index in [0.29, 0.717) is 27.9 Å². The molecule has 154 valence electrons. The summed E-state index contributed by atoms with van der Waals surface area (Å²) in [6.07, 6.45) is 1.97. The van der Waals surface area contributed by atoms with E-state index in [9.17, 15) is 9.18 Å². The molecule has 0 saturated carbocycles. The van der Waals surface area contributed by atoms with Crippen LogP contribution in [0.4, 0.5) is 10.1 Å². The molecule has 6 nitrogen and oxygen atoms in total.